The molecule has 2 heteroatoms. The summed E-state index contributed by atoms with van der Waals surface area (Å²) in [6.07, 6.45) is 7.45. The van der Waals surface area contributed by atoms with E-state index >= 15 is 0 Å². The second-order valence-corrected chi connectivity index (χ2v) is 5.35. The molecule has 1 fully saturated rings. The van der Waals surface area contributed by atoms with Crippen molar-refractivity contribution in [3.8, 4) is 0 Å². The normalized spacial score (nSPS) is 18.6. The van der Waals surface area contributed by atoms with Crippen LogP contribution in [-0.4, -0.2) is 5.50 Å². The van der Waals surface area contributed by atoms with Crippen LogP contribution in [0.5, 0.6) is 0 Å². The Labute approximate surface area is 110 Å². The molecule has 1 nitrogen and oxygen atoms in total. The van der Waals surface area contributed by atoms with E-state index in [1.165, 1.54) is 43.2 Å². The van der Waals surface area contributed by atoms with Crippen LogP contribution >= 0.6 is 11.6 Å². The van der Waals surface area contributed by atoms with E-state index in [9.17, 15) is 0 Å². The Kier molecular flexibility index (Phi) is 4.45. The lowest BCUT2D eigenvalue weighted by Crippen LogP contribution is -2.04. The lowest BCUT2D eigenvalue weighted by molar-refractivity contribution is 0.443. The Bertz CT molecular complexity index is 390. The first-order chi connectivity index (χ1) is 8.29. The first-order valence-corrected chi connectivity index (χ1v) is 6.82. The van der Waals surface area contributed by atoms with Gasteiger partial charge in [0.25, 0.3) is 0 Å². The Morgan fingerprint density at radius 1 is 1.24 bits per heavy atom. The maximum atomic E-state index is 6.85. The zero-order chi connectivity index (χ0) is 12.1. The highest BCUT2D eigenvalue weighted by molar-refractivity contribution is 6.21. The van der Waals surface area contributed by atoms with Gasteiger partial charge in [-0.2, -0.15) is 0 Å². The number of rotatable bonds is 3. The third-order valence-electron chi connectivity index (χ3n) is 3.60. The first kappa shape index (κ1) is 12.5. The van der Waals surface area contributed by atoms with Gasteiger partial charge in [0.2, 0.25) is 0 Å². The minimum Gasteiger partial charge on any atom is -0.296 e. The zero-order valence-corrected chi connectivity index (χ0v) is 10.8. The van der Waals surface area contributed by atoms with Gasteiger partial charge in [0.1, 0.15) is 0 Å². The maximum absolute atomic E-state index is 6.85. The van der Waals surface area contributed by atoms with Gasteiger partial charge in [0.05, 0.1) is 6.42 Å². The van der Waals surface area contributed by atoms with Crippen LogP contribution in [0.4, 0.5) is 0 Å². The third-order valence-corrected chi connectivity index (χ3v) is 3.85. The summed E-state index contributed by atoms with van der Waals surface area (Å²) in [4.78, 5) is 3.31. The summed E-state index contributed by atoms with van der Waals surface area (Å²) < 4.78 is 0. The average Bonchev–Trinajstić information content (AvgIpc) is 2.40. The maximum Gasteiger partial charge on any atom is 0.300 e. The number of benzene rings is 1. The van der Waals surface area contributed by atoms with E-state index in [2.05, 4.69) is 29.1 Å². The van der Waals surface area contributed by atoms with Crippen LogP contribution in [0.3, 0.4) is 0 Å². The van der Waals surface area contributed by atoms with Gasteiger partial charge in [-0.3, -0.25) is 4.85 Å². The SMILES string of the molecule is [C-]#[N+]C(Cl)Cc1ccc(C2CCCCC2)cc1.[HH]. The zero-order valence-electron chi connectivity index (χ0n) is 10.0. The lowest BCUT2D eigenvalue weighted by Gasteiger charge is -2.22. The molecule has 1 aromatic carbocycles. The molecule has 17 heavy (non-hydrogen) atoms. The fourth-order valence-electron chi connectivity index (χ4n) is 2.60. The molecule has 0 amide bonds. The minimum atomic E-state index is -0.421. The van der Waals surface area contributed by atoms with Crippen LogP contribution in [0.2, 0.25) is 0 Å². The van der Waals surface area contributed by atoms with Crippen molar-refractivity contribution in [2.75, 3.05) is 0 Å². The van der Waals surface area contributed by atoms with Crippen molar-refractivity contribution in [3.05, 3.63) is 46.8 Å². The number of alkyl halides is 1. The minimum absolute atomic E-state index is 0. The van der Waals surface area contributed by atoms with Crippen molar-refractivity contribution in [3.63, 3.8) is 0 Å². The molecular weight excluding hydrogens is 230 g/mol. The molecule has 0 aliphatic heterocycles. The summed E-state index contributed by atoms with van der Waals surface area (Å²) in [5.74, 6) is 0.755. The van der Waals surface area contributed by atoms with Gasteiger partial charge in [-0.15, -0.1) is 0 Å². The van der Waals surface area contributed by atoms with Crippen molar-refractivity contribution in [2.24, 2.45) is 0 Å². The van der Waals surface area contributed by atoms with Gasteiger partial charge in [-0.1, -0.05) is 43.5 Å². The van der Waals surface area contributed by atoms with Crippen molar-refractivity contribution < 1.29 is 1.43 Å². The molecule has 0 saturated heterocycles. The predicted octanol–water partition coefficient (Wildman–Crippen LogP) is 5.01. The van der Waals surface area contributed by atoms with Crippen LogP contribution in [0.25, 0.3) is 4.85 Å². The highest BCUT2D eigenvalue weighted by Crippen LogP contribution is 2.32. The number of hydrogen-bond donors (Lipinski definition) is 0. The van der Waals surface area contributed by atoms with Crippen LogP contribution in [0, 0.1) is 6.57 Å². The lowest BCUT2D eigenvalue weighted by atomic mass is 9.84. The summed E-state index contributed by atoms with van der Waals surface area (Å²) in [5.41, 5.74) is 2.21. The monoisotopic (exact) mass is 249 g/mol. The van der Waals surface area contributed by atoms with Crippen molar-refractivity contribution in [2.45, 2.75) is 49.9 Å². The molecule has 1 aliphatic carbocycles. The van der Waals surface area contributed by atoms with Crippen LogP contribution in [0.15, 0.2) is 24.3 Å². The second-order valence-electron chi connectivity index (χ2n) is 4.84. The van der Waals surface area contributed by atoms with Gasteiger partial charge < -0.3 is 0 Å². The fraction of sp³-hybridized carbons (Fsp3) is 0.533. The van der Waals surface area contributed by atoms with Gasteiger partial charge >= 0.3 is 5.50 Å². The Morgan fingerprint density at radius 2 is 1.88 bits per heavy atom. The molecule has 1 saturated carbocycles. The summed E-state index contributed by atoms with van der Waals surface area (Å²) in [6.45, 7) is 6.85. The molecule has 0 radical (unpaired) electrons. The quantitative estimate of drug-likeness (QED) is 0.403. The summed E-state index contributed by atoms with van der Waals surface area (Å²) >= 11 is 5.83. The molecule has 2 rings (SSSR count). The van der Waals surface area contributed by atoms with Crippen molar-refractivity contribution >= 4 is 11.6 Å². The van der Waals surface area contributed by atoms with Gasteiger partial charge in [-0.05, 0) is 41.5 Å². The van der Waals surface area contributed by atoms with E-state index in [0.29, 0.717) is 6.42 Å². The number of nitrogens with zero attached hydrogens (tertiary/aromatic N) is 1. The molecule has 1 atom stereocenters. The topological polar surface area (TPSA) is 4.36 Å². The molecule has 0 aromatic heterocycles. The molecule has 92 valence electrons. The van der Waals surface area contributed by atoms with Gasteiger partial charge in [0.15, 0.2) is 0 Å². The standard InChI is InChI=1S/C15H18ClN.H2/c1-17-15(16)11-12-7-9-14(10-8-12)13-5-3-2-4-6-13;/h7-10,13,15H,2-6,11H2;1H. The molecule has 0 heterocycles. The molecule has 0 N–H and O–H groups in total. The molecule has 1 aromatic rings. The number of hydrogen-bond acceptors (Lipinski definition) is 0. The van der Waals surface area contributed by atoms with E-state index in [-0.39, 0.29) is 1.43 Å². The predicted molar refractivity (Wildman–Crippen MR) is 74.3 cm³/mol. The number of halogens is 1. The van der Waals surface area contributed by atoms with E-state index in [4.69, 9.17) is 18.2 Å². The smallest absolute Gasteiger partial charge is 0.296 e. The first-order valence-electron chi connectivity index (χ1n) is 6.39. The van der Waals surface area contributed by atoms with E-state index < -0.39 is 5.50 Å². The Balaban J connectivity index is 0.00000162. The van der Waals surface area contributed by atoms with E-state index in [1.54, 1.807) is 0 Å². The van der Waals surface area contributed by atoms with Crippen LogP contribution in [-0.2, 0) is 6.42 Å². The highest BCUT2D eigenvalue weighted by Gasteiger charge is 2.15. The summed E-state index contributed by atoms with van der Waals surface area (Å²) in [5, 5.41) is 0. The van der Waals surface area contributed by atoms with Crippen LogP contribution in [0.1, 0.15) is 50.6 Å². The molecule has 1 unspecified atom stereocenters. The van der Waals surface area contributed by atoms with Crippen molar-refractivity contribution in [1.82, 2.24) is 0 Å². The third kappa shape index (κ3) is 3.48. The highest BCUT2D eigenvalue weighted by atomic mass is 35.5. The van der Waals surface area contributed by atoms with Gasteiger partial charge in [-0.25, -0.2) is 6.57 Å². The summed E-state index contributed by atoms with van der Waals surface area (Å²) in [7, 11) is 0. The van der Waals surface area contributed by atoms with Crippen molar-refractivity contribution in [1.29, 1.82) is 0 Å². The molecule has 0 bridgehead atoms. The second kappa shape index (κ2) is 6.07. The van der Waals surface area contributed by atoms with E-state index in [0.717, 1.165) is 5.92 Å². The average molecular weight is 250 g/mol. The van der Waals surface area contributed by atoms with Gasteiger partial charge in [0, 0.05) is 1.43 Å². The molecule has 0 spiro atoms. The molecular formula is C15H20ClN. The Morgan fingerprint density at radius 3 is 2.47 bits per heavy atom. The molecule has 1 aliphatic rings. The fourth-order valence-corrected chi connectivity index (χ4v) is 2.78. The largest absolute Gasteiger partial charge is 0.300 e. The van der Waals surface area contributed by atoms with Crippen LogP contribution < -0.4 is 0 Å². The Hall–Kier alpha value is -1.00. The van der Waals surface area contributed by atoms with E-state index in [1.807, 2.05) is 0 Å². The summed E-state index contributed by atoms with van der Waals surface area (Å²) in [6, 6.07) is 8.70.